The number of halogens is 1. The second-order valence-corrected chi connectivity index (χ2v) is 4.41. The van der Waals surface area contributed by atoms with Crippen LogP contribution in [0.25, 0.3) is 0 Å². The Bertz CT molecular complexity index is 359. The molecule has 2 nitrogen and oxygen atoms in total. The number of hydrogen-bond acceptors (Lipinski definition) is 2. The lowest BCUT2D eigenvalue weighted by Gasteiger charge is -2.22. The molecule has 1 aliphatic heterocycles. The van der Waals surface area contributed by atoms with E-state index in [0.717, 1.165) is 17.5 Å². The van der Waals surface area contributed by atoms with E-state index in [1.165, 1.54) is 6.07 Å². The second kappa shape index (κ2) is 3.91. The summed E-state index contributed by atoms with van der Waals surface area (Å²) in [5, 5.41) is 0. The van der Waals surface area contributed by atoms with E-state index in [-0.39, 0.29) is 11.4 Å². The van der Waals surface area contributed by atoms with Gasteiger partial charge in [0.2, 0.25) is 0 Å². The van der Waals surface area contributed by atoms with Crippen LogP contribution in [0.3, 0.4) is 0 Å². The van der Waals surface area contributed by atoms with Crippen LogP contribution in [0.5, 0.6) is 0 Å². The van der Waals surface area contributed by atoms with Crippen molar-refractivity contribution in [1.82, 2.24) is 0 Å². The molecule has 1 atom stereocenters. The smallest absolute Gasteiger partial charge is 0.123 e. The van der Waals surface area contributed by atoms with Crippen molar-refractivity contribution in [3.63, 3.8) is 0 Å². The minimum absolute atomic E-state index is 0.196. The van der Waals surface area contributed by atoms with Crippen molar-refractivity contribution in [2.45, 2.75) is 25.3 Å². The maximum atomic E-state index is 13.1. The zero-order valence-corrected chi connectivity index (χ0v) is 8.92. The van der Waals surface area contributed by atoms with Gasteiger partial charge in [0.15, 0.2) is 0 Å². The largest absolute Gasteiger partial charge is 0.379 e. The maximum absolute atomic E-state index is 13.1. The summed E-state index contributed by atoms with van der Waals surface area (Å²) in [6.07, 6.45) is 1.54. The van der Waals surface area contributed by atoms with Gasteiger partial charge in [-0.05, 0) is 43.0 Å². The Hall–Kier alpha value is -0.930. The Morgan fingerprint density at radius 2 is 2.33 bits per heavy atom. The van der Waals surface area contributed by atoms with E-state index < -0.39 is 0 Å². The lowest BCUT2D eigenvalue weighted by molar-refractivity contribution is 0.178. The topological polar surface area (TPSA) is 35.2 Å². The average Bonchev–Trinajstić information content (AvgIpc) is 2.59. The molecule has 0 radical (unpaired) electrons. The van der Waals surface area contributed by atoms with Crippen molar-refractivity contribution in [2.24, 2.45) is 5.73 Å². The van der Waals surface area contributed by atoms with Crippen LogP contribution in [-0.4, -0.2) is 18.8 Å². The van der Waals surface area contributed by atoms with Crippen LogP contribution in [0, 0.1) is 12.7 Å². The predicted octanol–water partition coefficient (Wildman–Crippen LogP) is 1.79. The van der Waals surface area contributed by atoms with E-state index in [2.05, 4.69) is 0 Å². The first kappa shape index (κ1) is 10.6. The summed E-state index contributed by atoms with van der Waals surface area (Å²) < 4.78 is 18.4. The highest BCUT2D eigenvalue weighted by Gasteiger charge is 2.30. The standard InChI is InChI=1S/C12H16FNO/c1-9-2-3-11(13)6-10(9)7-12(14)4-5-15-8-12/h2-3,6H,4-5,7-8,14H2,1H3. The number of nitrogens with two attached hydrogens (primary N) is 1. The molecule has 1 fully saturated rings. The van der Waals surface area contributed by atoms with Gasteiger partial charge >= 0.3 is 0 Å². The molecule has 1 unspecified atom stereocenters. The molecule has 1 aliphatic rings. The highest BCUT2D eigenvalue weighted by molar-refractivity contribution is 5.28. The molecule has 1 aromatic carbocycles. The molecule has 0 bridgehead atoms. The zero-order chi connectivity index (χ0) is 10.9. The number of aryl methyl sites for hydroxylation is 1. The molecule has 0 amide bonds. The molecule has 2 N–H and O–H groups in total. The van der Waals surface area contributed by atoms with Crippen molar-refractivity contribution >= 4 is 0 Å². The molecule has 0 spiro atoms. The summed E-state index contributed by atoms with van der Waals surface area (Å²) in [6, 6.07) is 4.85. The monoisotopic (exact) mass is 209 g/mol. The Kier molecular flexibility index (Phi) is 2.76. The fraction of sp³-hybridized carbons (Fsp3) is 0.500. The lowest BCUT2D eigenvalue weighted by atomic mass is 9.89. The van der Waals surface area contributed by atoms with Gasteiger partial charge in [-0.25, -0.2) is 4.39 Å². The Labute approximate surface area is 89.2 Å². The van der Waals surface area contributed by atoms with Gasteiger partial charge < -0.3 is 10.5 Å². The third-order valence-electron chi connectivity index (χ3n) is 2.99. The van der Waals surface area contributed by atoms with Crippen LogP contribution in [-0.2, 0) is 11.2 Å². The highest BCUT2D eigenvalue weighted by Crippen LogP contribution is 2.23. The normalized spacial score (nSPS) is 25.8. The molecule has 0 aliphatic carbocycles. The summed E-state index contributed by atoms with van der Waals surface area (Å²) in [7, 11) is 0. The van der Waals surface area contributed by atoms with E-state index in [0.29, 0.717) is 19.6 Å². The zero-order valence-electron chi connectivity index (χ0n) is 8.92. The molecule has 1 aromatic rings. The van der Waals surface area contributed by atoms with Crippen molar-refractivity contribution in [3.8, 4) is 0 Å². The minimum atomic E-state index is -0.307. The molecule has 1 saturated heterocycles. The fourth-order valence-electron chi connectivity index (χ4n) is 1.97. The Balaban J connectivity index is 2.19. The van der Waals surface area contributed by atoms with E-state index in [1.54, 1.807) is 12.1 Å². The van der Waals surface area contributed by atoms with Crippen molar-refractivity contribution in [2.75, 3.05) is 13.2 Å². The Morgan fingerprint density at radius 1 is 1.53 bits per heavy atom. The molecule has 3 heteroatoms. The van der Waals surface area contributed by atoms with E-state index >= 15 is 0 Å². The highest BCUT2D eigenvalue weighted by atomic mass is 19.1. The first-order valence-electron chi connectivity index (χ1n) is 5.21. The predicted molar refractivity (Wildman–Crippen MR) is 57.2 cm³/mol. The number of ether oxygens (including phenoxy) is 1. The first-order chi connectivity index (χ1) is 7.09. The van der Waals surface area contributed by atoms with E-state index in [4.69, 9.17) is 10.5 Å². The minimum Gasteiger partial charge on any atom is -0.379 e. The second-order valence-electron chi connectivity index (χ2n) is 4.41. The van der Waals surface area contributed by atoms with Gasteiger partial charge in [-0.1, -0.05) is 6.07 Å². The fourth-order valence-corrected chi connectivity index (χ4v) is 1.97. The van der Waals surface area contributed by atoms with Gasteiger partial charge in [-0.15, -0.1) is 0 Å². The van der Waals surface area contributed by atoms with E-state index in [9.17, 15) is 4.39 Å². The summed E-state index contributed by atoms with van der Waals surface area (Å²) in [5.41, 5.74) is 7.94. The van der Waals surface area contributed by atoms with Crippen LogP contribution >= 0.6 is 0 Å². The van der Waals surface area contributed by atoms with Gasteiger partial charge in [0.1, 0.15) is 5.82 Å². The molecule has 2 rings (SSSR count). The maximum Gasteiger partial charge on any atom is 0.123 e. The number of hydrogen-bond donors (Lipinski definition) is 1. The summed E-state index contributed by atoms with van der Waals surface area (Å²) in [4.78, 5) is 0. The number of benzene rings is 1. The van der Waals surface area contributed by atoms with Crippen molar-refractivity contribution in [1.29, 1.82) is 0 Å². The van der Waals surface area contributed by atoms with Crippen LogP contribution in [0.1, 0.15) is 17.5 Å². The van der Waals surface area contributed by atoms with Gasteiger partial charge in [0.05, 0.1) is 6.61 Å². The first-order valence-corrected chi connectivity index (χ1v) is 5.21. The average molecular weight is 209 g/mol. The van der Waals surface area contributed by atoms with Crippen LogP contribution < -0.4 is 5.73 Å². The SMILES string of the molecule is Cc1ccc(F)cc1CC1(N)CCOC1. The third-order valence-corrected chi connectivity index (χ3v) is 2.99. The molecular formula is C12H16FNO. The molecule has 0 aromatic heterocycles. The van der Waals surface area contributed by atoms with Crippen LogP contribution in [0.2, 0.25) is 0 Å². The van der Waals surface area contributed by atoms with Gasteiger partial charge in [0, 0.05) is 12.1 Å². The molecule has 15 heavy (non-hydrogen) atoms. The Morgan fingerprint density at radius 3 is 3.00 bits per heavy atom. The van der Waals surface area contributed by atoms with Gasteiger partial charge in [0.25, 0.3) is 0 Å². The molecule has 82 valence electrons. The quantitative estimate of drug-likeness (QED) is 0.806. The number of rotatable bonds is 2. The molecule has 1 heterocycles. The molecule has 0 saturated carbocycles. The van der Waals surface area contributed by atoms with Gasteiger partial charge in [-0.2, -0.15) is 0 Å². The summed E-state index contributed by atoms with van der Waals surface area (Å²) in [5.74, 6) is -0.196. The summed E-state index contributed by atoms with van der Waals surface area (Å²) in [6.45, 7) is 3.27. The van der Waals surface area contributed by atoms with Crippen LogP contribution in [0.15, 0.2) is 18.2 Å². The summed E-state index contributed by atoms with van der Waals surface area (Å²) >= 11 is 0. The van der Waals surface area contributed by atoms with Crippen molar-refractivity contribution < 1.29 is 9.13 Å². The third kappa shape index (κ3) is 2.36. The van der Waals surface area contributed by atoms with E-state index in [1.807, 2.05) is 6.92 Å². The lowest BCUT2D eigenvalue weighted by Crippen LogP contribution is -2.42. The molecular weight excluding hydrogens is 193 g/mol. The van der Waals surface area contributed by atoms with Crippen molar-refractivity contribution in [3.05, 3.63) is 35.1 Å². The van der Waals surface area contributed by atoms with Gasteiger partial charge in [-0.3, -0.25) is 0 Å². The van der Waals surface area contributed by atoms with Crippen LogP contribution in [0.4, 0.5) is 4.39 Å².